The van der Waals surface area contributed by atoms with Crippen LogP contribution in [0.4, 0.5) is 0 Å². The van der Waals surface area contributed by atoms with Crippen LogP contribution in [-0.4, -0.2) is 87.9 Å². The van der Waals surface area contributed by atoms with Crippen molar-refractivity contribution in [3.05, 3.63) is 0 Å². The summed E-state index contributed by atoms with van der Waals surface area (Å²) in [7, 11) is 0. The molecular weight excluding hydrogens is 414 g/mol. The first-order valence-corrected chi connectivity index (χ1v) is 10.7. The SMILES string of the molecule is CC(O)C(NC(=O)C(N)CS)C(=O)NC(CCCCN)C(=O)N1CCCC1C(=O)O. The number of nitrogens with one attached hydrogen (secondary N) is 2. The number of carbonyl (C=O) groups excluding carboxylic acids is 3. The number of unbranched alkanes of at least 4 members (excludes halogenated alkanes) is 1. The molecule has 1 rings (SSSR count). The first-order chi connectivity index (χ1) is 14.1. The van der Waals surface area contributed by atoms with E-state index in [4.69, 9.17) is 11.5 Å². The van der Waals surface area contributed by atoms with Crippen LogP contribution in [0.3, 0.4) is 0 Å². The highest BCUT2D eigenvalue weighted by Gasteiger charge is 2.38. The van der Waals surface area contributed by atoms with Crippen LogP contribution in [0.5, 0.6) is 0 Å². The summed E-state index contributed by atoms with van der Waals surface area (Å²) in [5.41, 5.74) is 11.1. The van der Waals surface area contributed by atoms with E-state index in [1.807, 2.05) is 0 Å². The van der Waals surface area contributed by atoms with Crippen molar-refractivity contribution < 1.29 is 29.4 Å². The molecule has 5 atom stereocenters. The van der Waals surface area contributed by atoms with E-state index in [0.29, 0.717) is 32.2 Å². The zero-order chi connectivity index (χ0) is 22.8. The average Bonchev–Trinajstić information content (AvgIpc) is 3.19. The zero-order valence-electron chi connectivity index (χ0n) is 17.1. The number of amides is 3. The molecule has 0 aromatic carbocycles. The van der Waals surface area contributed by atoms with E-state index in [9.17, 15) is 29.4 Å². The Hall–Kier alpha value is -1.89. The third kappa shape index (κ3) is 7.42. The summed E-state index contributed by atoms with van der Waals surface area (Å²) in [6.45, 7) is 2.01. The van der Waals surface area contributed by atoms with Gasteiger partial charge in [-0.1, -0.05) is 0 Å². The third-order valence-corrected chi connectivity index (χ3v) is 5.37. The van der Waals surface area contributed by atoms with Crippen molar-refractivity contribution in [2.45, 2.75) is 69.3 Å². The molecule has 0 aromatic rings. The van der Waals surface area contributed by atoms with Crippen molar-refractivity contribution in [3.63, 3.8) is 0 Å². The van der Waals surface area contributed by atoms with Crippen molar-refractivity contribution in [1.29, 1.82) is 0 Å². The number of hydrogen-bond donors (Lipinski definition) is 7. The molecule has 1 aliphatic rings. The van der Waals surface area contributed by atoms with Crippen LogP contribution < -0.4 is 22.1 Å². The molecule has 30 heavy (non-hydrogen) atoms. The Morgan fingerprint density at radius 2 is 1.87 bits per heavy atom. The predicted molar refractivity (Wildman–Crippen MR) is 113 cm³/mol. The van der Waals surface area contributed by atoms with Gasteiger partial charge in [-0.05, 0) is 45.6 Å². The van der Waals surface area contributed by atoms with Gasteiger partial charge in [0.25, 0.3) is 0 Å². The second kappa shape index (κ2) is 12.7. The summed E-state index contributed by atoms with van der Waals surface area (Å²) >= 11 is 3.93. The van der Waals surface area contributed by atoms with Crippen LogP contribution >= 0.6 is 12.6 Å². The number of likely N-dealkylation sites (tertiary alicyclic amines) is 1. The van der Waals surface area contributed by atoms with Gasteiger partial charge < -0.3 is 37.2 Å². The number of aliphatic hydroxyl groups excluding tert-OH is 1. The Kier molecular flexibility index (Phi) is 11.1. The topological polar surface area (TPSA) is 188 Å². The van der Waals surface area contributed by atoms with Gasteiger partial charge in [0, 0.05) is 12.3 Å². The van der Waals surface area contributed by atoms with Crippen molar-refractivity contribution in [2.24, 2.45) is 11.5 Å². The number of carboxylic acid groups (broad SMARTS) is 1. The van der Waals surface area contributed by atoms with Gasteiger partial charge in [-0.25, -0.2) is 4.79 Å². The molecule has 0 spiro atoms. The number of hydrogen-bond acceptors (Lipinski definition) is 8. The van der Waals surface area contributed by atoms with E-state index in [1.165, 1.54) is 11.8 Å². The number of nitrogens with zero attached hydrogens (tertiary/aromatic N) is 1. The first kappa shape index (κ1) is 26.1. The number of rotatable bonds is 12. The Labute approximate surface area is 181 Å². The predicted octanol–water partition coefficient (Wildman–Crippen LogP) is -2.20. The number of carboxylic acids is 1. The van der Waals surface area contributed by atoms with Crippen LogP contribution in [0.25, 0.3) is 0 Å². The quantitative estimate of drug-likeness (QED) is 0.130. The third-order valence-electron chi connectivity index (χ3n) is 4.98. The number of carbonyl (C=O) groups is 4. The second-order valence-corrected chi connectivity index (χ2v) is 7.75. The lowest BCUT2D eigenvalue weighted by Gasteiger charge is -2.29. The Morgan fingerprint density at radius 1 is 1.20 bits per heavy atom. The molecule has 1 fully saturated rings. The molecule has 0 saturated carbocycles. The molecule has 5 unspecified atom stereocenters. The summed E-state index contributed by atoms with van der Waals surface area (Å²) in [5, 5.41) is 24.2. The van der Waals surface area contributed by atoms with Gasteiger partial charge in [-0.15, -0.1) is 0 Å². The summed E-state index contributed by atoms with van der Waals surface area (Å²) in [6.07, 6.45) is 1.06. The van der Waals surface area contributed by atoms with Crippen LogP contribution in [-0.2, 0) is 19.2 Å². The van der Waals surface area contributed by atoms with Gasteiger partial charge in [0.1, 0.15) is 18.1 Å². The normalized spacial score (nSPS) is 20.2. The molecule has 12 heteroatoms. The molecule has 1 heterocycles. The van der Waals surface area contributed by atoms with Gasteiger partial charge in [0.05, 0.1) is 12.1 Å². The fourth-order valence-corrected chi connectivity index (χ4v) is 3.41. The van der Waals surface area contributed by atoms with Crippen LogP contribution in [0.1, 0.15) is 39.0 Å². The molecule has 1 aliphatic heterocycles. The maximum atomic E-state index is 13.0. The smallest absolute Gasteiger partial charge is 0.326 e. The molecule has 0 radical (unpaired) electrons. The number of aliphatic hydroxyl groups is 1. The van der Waals surface area contributed by atoms with Crippen molar-refractivity contribution in [1.82, 2.24) is 15.5 Å². The lowest BCUT2D eigenvalue weighted by molar-refractivity contribution is -0.149. The van der Waals surface area contributed by atoms with E-state index < -0.39 is 54.0 Å². The standard InChI is InChI=1S/C18H33N5O6S/c1-10(24)14(22-15(25)11(20)9-30)16(26)21-12(5-2-3-7-19)17(27)23-8-4-6-13(23)18(28)29/h10-14,24,30H,2-9,19-20H2,1H3,(H,21,26)(H,22,25)(H,28,29). The van der Waals surface area contributed by atoms with E-state index in [-0.39, 0.29) is 18.7 Å². The fraction of sp³-hybridized carbons (Fsp3) is 0.778. The van der Waals surface area contributed by atoms with Gasteiger partial charge in [0.2, 0.25) is 17.7 Å². The Bertz CT molecular complexity index is 620. The zero-order valence-corrected chi connectivity index (χ0v) is 18.0. The second-order valence-electron chi connectivity index (χ2n) is 7.39. The largest absolute Gasteiger partial charge is 0.480 e. The van der Waals surface area contributed by atoms with Crippen LogP contribution in [0.2, 0.25) is 0 Å². The van der Waals surface area contributed by atoms with Gasteiger partial charge in [-0.2, -0.15) is 12.6 Å². The van der Waals surface area contributed by atoms with Crippen LogP contribution in [0.15, 0.2) is 0 Å². The van der Waals surface area contributed by atoms with E-state index in [1.54, 1.807) is 0 Å². The Balaban J connectivity index is 2.95. The molecule has 0 bridgehead atoms. The maximum Gasteiger partial charge on any atom is 0.326 e. The molecule has 0 aromatic heterocycles. The monoisotopic (exact) mass is 447 g/mol. The Morgan fingerprint density at radius 3 is 2.40 bits per heavy atom. The molecule has 8 N–H and O–H groups in total. The highest BCUT2D eigenvalue weighted by atomic mass is 32.1. The summed E-state index contributed by atoms with van der Waals surface area (Å²) in [4.78, 5) is 50.5. The maximum absolute atomic E-state index is 13.0. The summed E-state index contributed by atoms with van der Waals surface area (Å²) < 4.78 is 0. The summed E-state index contributed by atoms with van der Waals surface area (Å²) in [5.74, 6) is -2.98. The van der Waals surface area contributed by atoms with Crippen molar-refractivity contribution in [3.8, 4) is 0 Å². The van der Waals surface area contributed by atoms with E-state index >= 15 is 0 Å². The number of thiol groups is 1. The molecule has 3 amide bonds. The number of nitrogens with two attached hydrogens (primary N) is 2. The minimum atomic E-state index is -1.33. The van der Waals surface area contributed by atoms with Gasteiger partial charge in [-0.3, -0.25) is 14.4 Å². The van der Waals surface area contributed by atoms with E-state index in [0.717, 1.165) is 0 Å². The van der Waals surface area contributed by atoms with Gasteiger partial charge >= 0.3 is 5.97 Å². The fourth-order valence-electron chi connectivity index (χ4n) is 3.25. The number of aliphatic carboxylic acids is 1. The first-order valence-electron chi connectivity index (χ1n) is 10.0. The highest BCUT2D eigenvalue weighted by Crippen LogP contribution is 2.20. The molecule has 172 valence electrons. The summed E-state index contributed by atoms with van der Waals surface area (Å²) in [6, 6.07) is -4.24. The van der Waals surface area contributed by atoms with Crippen LogP contribution in [0, 0.1) is 0 Å². The van der Waals surface area contributed by atoms with Gasteiger partial charge in [0.15, 0.2) is 0 Å². The molecular formula is C18H33N5O6S. The highest BCUT2D eigenvalue weighted by molar-refractivity contribution is 7.80. The minimum Gasteiger partial charge on any atom is -0.480 e. The lowest BCUT2D eigenvalue weighted by atomic mass is 10.1. The molecule has 0 aliphatic carbocycles. The van der Waals surface area contributed by atoms with Crippen molar-refractivity contribution >= 4 is 36.3 Å². The minimum absolute atomic E-state index is 0.0473. The molecule has 1 saturated heterocycles. The van der Waals surface area contributed by atoms with E-state index in [2.05, 4.69) is 23.3 Å². The average molecular weight is 448 g/mol. The molecule has 11 nitrogen and oxygen atoms in total. The van der Waals surface area contributed by atoms with Crippen molar-refractivity contribution in [2.75, 3.05) is 18.8 Å². The lowest BCUT2D eigenvalue weighted by Crippen LogP contribution is -2.60.